The van der Waals surface area contributed by atoms with Crippen molar-refractivity contribution in [3.05, 3.63) is 0 Å². The minimum absolute atomic E-state index is 0.0233. The standard InChI is InChI=1S/C18H34O10SSi/c1-11(19)25-15-14-13(27-17(5,6)28-14)12(10-24-30(8,9)16(2,3)4)26-18(15,23-7)29(20,21)22/h12-15H,10H2,1-9H3,(H,20,21,22)/t12-,13+,14+,15-,18+/m1/s1. The summed E-state index contributed by atoms with van der Waals surface area (Å²) >= 11 is 0. The predicted octanol–water partition coefficient (Wildman–Crippen LogP) is 2.05. The zero-order valence-electron chi connectivity index (χ0n) is 19.0. The Morgan fingerprint density at radius 2 is 1.67 bits per heavy atom. The van der Waals surface area contributed by atoms with E-state index in [4.69, 9.17) is 28.1 Å². The number of fused-ring (bicyclic) bond motifs is 1. The molecule has 0 aliphatic carbocycles. The highest BCUT2D eigenvalue weighted by Gasteiger charge is 2.69. The minimum atomic E-state index is -5.02. The van der Waals surface area contributed by atoms with Crippen LogP contribution in [0.3, 0.4) is 0 Å². The SMILES string of the molecule is CO[C@]1(S(=O)(=O)O)O[C@H](CO[Si](C)(C)C(C)(C)C)[C@@H]2OC(C)(C)O[C@@H]2[C@H]1OC(C)=O. The van der Waals surface area contributed by atoms with Gasteiger partial charge in [-0.25, -0.2) is 0 Å². The van der Waals surface area contributed by atoms with E-state index in [9.17, 15) is 17.8 Å². The lowest BCUT2D eigenvalue weighted by Crippen LogP contribution is -2.69. The van der Waals surface area contributed by atoms with Crippen LogP contribution in [0.15, 0.2) is 0 Å². The third kappa shape index (κ3) is 4.75. The van der Waals surface area contributed by atoms with Gasteiger partial charge in [-0.3, -0.25) is 9.35 Å². The van der Waals surface area contributed by atoms with E-state index in [1.807, 2.05) is 13.1 Å². The summed E-state index contributed by atoms with van der Waals surface area (Å²) in [5.41, 5.74) is 0. The van der Waals surface area contributed by atoms with Gasteiger partial charge in [0.05, 0.1) is 6.61 Å². The van der Waals surface area contributed by atoms with Gasteiger partial charge in [0.25, 0.3) is 0 Å². The van der Waals surface area contributed by atoms with Gasteiger partial charge in [0.15, 0.2) is 14.1 Å². The van der Waals surface area contributed by atoms with Gasteiger partial charge in [0.2, 0.25) is 6.10 Å². The number of hydrogen-bond acceptors (Lipinski definition) is 9. The molecule has 0 amide bonds. The van der Waals surface area contributed by atoms with Crippen molar-refractivity contribution >= 4 is 24.4 Å². The molecule has 0 unspecified atom stereocenters. The van der Waals surface area contributed by atoms with Crippen molar-refractivity contribution in [3.8, 4) is 0 Å². The molecule has 176 valence electrons. The average Bonchev–Trinajstić information content (AvgIpc) is 2.87. The van der Waals surface area contributed by atoms with Gasteiger partial charge in [-0.1, -0.05) is 20.8 Å². The number of esters is 1. The van der Waals surface area contributed by atoms with E-state index >= 15 is 0 Å². The predicted molar refractivity (Wildman–Crippen MR) is 109 cm³/mol. The molecule has 2 rings (SSSR count). The fraction of sp³-hybridized carbons (Fsp3) is 0.944. The van der Waals surface area contributed by atoms with Gasteiger partial charge in [-0.15, -0.1) is 0 Å². The van der Waals surface area contributed by atoms with E-state index in [0.717, 1.165) is 14.0 Å². The van der Waals surface area contributed by atoms with E-state index in [1.165, 1.54) is 0 Å². The van der Waals surface area contributed by atoms with Crippen molar-refractivity contribution in [1.82, 2.24) is 0 Å². The van der Waals surface area contributed by atoms with Crippen LogP contribution in [0.4, 0.5) is 0 Å². The van der Waals surface area contributed by atoms with Crippen LogP contribution in [0.1, 0.15) is 41.5 Å². The molecule has 0 aromatic carbocycles. The summed E-state index contributed by atoms with van der Waals surface area (Å²) in [6, 6.07) is 0. The second-order valence-corrected chi connectivity index (χ2v) is 15.9. The Bertz CT molecular complexity index is 759. The van der Waals surface area contributed by atoms with Crippen molar-refractivity contribution in [2.75, 3.05) is 13.7 Å². The molecule has 2 fully saturated rings. The maximum absolute atomic E-state index is 12.4. The van der Waals surface area contributed by atoms with Crippen LogP contribution >= 0.6 is 0 Å². The average molecular weight is 471 g/mol. The monoisotopic (exact) mass is 470 g/mol. The molecule has 10 nitrogen and oxygen atoms in total. The summed E-state index contributed by atoms with van der Waals surface area (Å²) in [7, 11) is -6.21. The quantitative estimate of drug-likeness (QED) is 0.350. The van der Waals surface area contributed by atoms with Crippen molar-refractivity contribution in [3.63, 3.8) is 0 Å². The van der Waals surface area contributed by atoms with Crippen molar-refractivity contribution in [2.24, 2.45) is 0 Å². The van der Waals surface area contributed by atoms with E-state index in [-0.39, 0.29) is 11.6 Å². The summed E-state index contributed by atoms with van der Waals surface area (Å²) in [5, 5.41) is -2.79. The first-order valence-electron chi connectivity index (χ1n) is 9.74. The van der Waals surface area contributed by atoms with Gasteiger partial charge >= 0.3 is 21.2 Å². The highest BCUT2D eigenvalue weighted by Crippen LogP contribution is 2.46. The molecule has 2 aliphatic rings. The Kier molecular flexibility index (Phi) is 6.90. The molecular formula is C18H34O10SSi. The van der Waals surface area contributed by atoms with Gasteiger partial charge in [0.1, 0.15) is 18.3 Å². The number of ether oxygens (including phenoxy) is 5. The smallest absolute Gasteiger partial charge is 0.341 e. The van der Waals surface area contributed by atoms with Crippen molar-refractivity contribution < 1.29 is 45.9 Å². The van der Waals surface area contributed by atoms with Crippen LogP contribution in [0.25, 0.3) is 0 Å². The van der Waals surface area contributed by atoms with E-state index < -0.39 is 59.7 Å². The normalized spacial score (nSPS) is 34.5. The first-order valence-corrected chi connectivity index (χ1v) is 14.1. The van der Waals surface area contributed by atoms with E-state index in [2.05, 4.69) is 20.8 Å². The van der Waals surface area contributed by atoms with Gasteiger partial charge in [-0.2, -0.15) is 8.42 Å². The van der Waals surface area contributed by atoms with Crippen LogP contribution < -0.4 is 0 Å². The third-order valence-corrected chi connectivity index (χ3v) is 11.6. The van der Waals surface area contributed by atoms with Crippen LogP contribution in [-0.4, -0.2) is 76.3 Å². The molecule has 5 atom stereocenters. The summed E-state index contributed by atoms with van der Waals surface area (Å²) in [4.78, 5) is 11.7. The zero-order chi connectivity index (χ0) is 23.3. The molecule has 0 radical (unpaired) electrons. The molecular weight excluding hydrogens is 436 g/mol. The topological polar surface area (TPSA) is 127 Å². The molecule has 1 N–H and O–H groups in total. The molecule has 0 saturated carbocycles. The summed E-state index contributed by atoms with van der Waals surface area (Å²) in [5.74, 6) is -1.91. The van der Waals surface area contributed by atoms with Crippen LogP contribution in [-0.2, 0) is 43.0 Å². The maximum atomic E-state index is 12.4. The molecule has 30 heavy (non-hydrogen) atoms. The lowest BCUT2D eigenvalue weighted by Gasteiger charge is -2.47. The molecule has 12 heteroatoms. The summed E-state index contributed by atoms with van der Waals surface area (Å²) in [6.07, 6.45) is -4.49. The molecule has 0 spiro atoms. The highest BCUT2D eigenvalue weighted by atomic mass is 32.2. The van der Waals surface area contributed by atoms with Gasteiger partial charge in [-0.05, 0) is 32.0 Å². The minimum Gasteiger partial charge on any atom is -0.452 e. The lowest BCUT2D eigenvalue weighted by molar-refractivity contribution is -0.304. The molecule has 0 aromatic heterocycles. The van der Waals surface area contributed by atoms with Crippen LogP contribution in [0.5, 0.6) is 0 Å². The maximum Gasteiger partial charge on any atom is 0.341 e. The van der Waals surface area contributed by atoms with Gasteiger partial charge in [0, 0.05) is 14.0 Å². The zero-order valence-corrected chi connectivity index (χ0v) is 20.9. The fourth-order valence-corrected chi connectivity index (χ4v) is 5.26. The number of carbonyl (C=O) groups excluding carboxylic acids is 1. The van der Waals surface area contributed by atoms with E-state index in [0.29, 0.717) is 0 Å². The molecule has 2 aliphatic heterocycles. The Morgan fingerprint density at radius 1 is 1.13 bits per heavy atom. The number of carbonyl (C=O) groups is 1. The Balaban J connectivity index is 2.48. The number of hydrogen-bond donors (Lipinski definition) is 1. The fourth-order valence-electron chi connectivity index (χ4n) is 3.32. The summed E-state index contributed by atoms with van der Waals surface area (Å²) < 4.78 is 68.9. The van der Waals surface area contributed by atoms with Gasteiger partial charge < -0.3 is 28.1 Å². The molecule has 2 heterocycles. The van der Waals surface area contributed by atoms with Crippen LogP contribution in [0.2, 0.25) is 18.1 Å². The number of methoxy groups -OCH3 is 1. The Labute approximate surface area is 179 Å². The lowest BCUT2D eigenvalue weighted by atomic mass is 9.99. The first-order chi connectivity index (χ1) is 13.4. The summed E-state index contributed by atoms with van der Waals surface area (Å²) in [6.45, 7) is 14.6. The highest BCUT2D eigenvalue weighted by molar-refractivity contribution is 7.87. The second-order valence-electron chi connectivity index (χ2n) is 9.61. The number of rotatable bonds is 6. The van der Waals surface area contributed by atoms with Crippen molar-refractivity contribution in [2.45, 2.75) is 95.0 Å². The Morgan fingerprint density at radius 3 is 2.10 bits per heavy atom. The van der Waals surface area contributed by atoms with Crippen LogP contribution in [0, 0.1) is 0 Å². The molecule has 0 bridgehead atoms. The second kappa shape index (κ2) is 8.07. The molecule has 0 aromatic rings. The third-order valence-electron chi connectivity index (χ3n) is 5.84. The largest absolute Gasteiger partial charge is 0.452 e. The molecule has 2 saturated heterocycles. The first kappa shape index (κ1) is 25.7. The Hall–Kier alpha value is -0.603. The van der Waals surface area contributed by atoms with Crippen molar-refractivity contribution in [1.29, 1.82) is 0 Å². The van der Waals surface area contributed by atoms with E-state index in [1.54, 1.807) is 13.8 Å².